The first-order valence-corrected chi connectivity index (χ1v) is 5.66. The largest absolute Gasteiger partial charge is 0.493 e. The number of para-hydroxylation sites is 1. The third-order valence-electron chi connectivity index (χ3n) is 3.04. The van der Waals surface area contributed by atoms with Crippen molar-refractivity contribution in [3.8, 4) is 5.75 Å². The van der Waals surface area contributed by atoms with E-state index in [9.17, 15) is 4.79 Å². The Morgan fingerprint density at radius 1 is 1.18 bits per heavy atom. The molecule has 0 bridgehead atoms. The van der Waals surface area contributed by atoms with Crippen molar-refractivity contribution >= 4 is 5.78 Å². The number of fused-ring (bicyclic) bond motifs is 1. The van der Waals surface area contributed by atoms with Crippen LogP contribution in [0.25, 0.3) is 0 Å². The third kappa shape index (κ3) is 1.73. The number of ketones is 1. The number of Topliss-reactive ketones (excluding diaryl/α,β-unsaturated/α-hetero) is 1. The summed E-state index contributed by atoms with van der Waals surface area (Å²) in [4.78, 5) is 12.3. The van der Waals surface area contributed by atoms with Crippen molar-refractivity contribution in [3.63, 3.8) is 0 Å². The Morgan fingerprint density at radius 3 is 2.88 bits per heavy atom. The highest BCUT2D eigenvalue weighted by molar-refractivity contribution is 5.99. The van der Waals surface area contributed by atoms with Crippen LogP contribution in [0.5, 0.6) is 5.75 Å². The molecule has 1 aromatic carbocycles. The Bertz CT molecular complexity index is 528. The van der Waals surface area contributed by atoms with Crippen LogP contribution in [0.4, 0.5) is 0 Å². The number of carbonyl (C=O) groups is 1. The van der Waals surface area contributed by atoms with Gasteiger partial charge in [-0.05, 0) is 24.6 Å². The van der Waals surface area contributed by atoms with E-state index in [1.165, 1.54) is 6.26 Å². The van der Waals surface area contributed by atoms with Gasteiger partial charge in [0.15, 0.2) is 5.76 Å². The Kier molecular flexibility index (Phi) is 2.44. The van der Waals surface area contributed by atoms with Gasteiger partial charge in [-0.1, -0.05) is 18.2 Å². The Balaban J connectivity index is 1.98. The monoisotopic (exact) mass is 228 g/mol. The number of hydrogen-bond acceptors (Lipinski definition) is 3. The molecule has 0 saturated carbocycles. The van der Waals surface area contributed by atoms with E-state index in [4.69, 9.17) is 9.15 Å². The van der Waals surface area contributed by atoms with Gasteiger partial charge in [0.1, 0.15) is 5.75 Å². The molecule has 1 aromatic heterocycles. The second-order valence-corrected chi connectivity index (χ2v) is 4.07. The molecule has 0 spiro atoms. The molecule has 3 nitrogen and oxygen atoms in total. The predicted octanol–water partition coefficient (Wildman–Crippen LogP) is 3.03. The molecule has 1 aliphatic rings. The van der Waals surface area contributed by atoms with Gasteiger partial charge in [0.25, 0.3) is 0 Å². The standard InChI is InChI=1S/C14H12O3/c15-14(13-6-3-8-16-13)11-7-9-17-12-5-2-1-4-10(11)12/h1-6,8,11H,7,9H2. The average molecular weight is 228 g/mol. The SMILES string of the molecule is O=C(c1ccco1)C1CCOc2ccccc21. The van der Waals surface area contributed by atoms with E-state index in [0.717, 1.165) is 11.3 Å². The van der Waals surface area contributed by atoms with E-state index in [-0.39, 0.29) is 11.7 Å². The van der Waals surface area contributed by atoms with Crippen molar-refractivity contribution in [2.24, 2.45) is 0 Å². The van der Waals surface area contributed by atoms with E-state index < -0.39 is 0 Å². The number of carbonyl (C=O) groups excluding carboxylic acids is 1. The van der Waals surface area contributed by atoms with E-state index in [1.807, 2.05) is 24.3 Å². The van der Waals surface area contributed by atoms with Crippen molar-refractivity contribution in [2.75, 3.05) is 6.61 Å². The molecule has 2 heterocycles. The zero-order chi connectivity index (χ0) is 11.7. The van der Waals surface area contributed by atoms with Crippen LogP contribution in [-0.2, 0) is 0 Å². The minimum absolute atomic E-state index is 0.0331. The summed E-state index contributed by atoms with van der Waals surface area (Å²) in [7, 11) is 0. The first-order valence-electron chi connectivity index (χ1n) is 5.66. The molecular formula is C14H12O3. The van der Waals surface area contributed by atoms with Crippen molar-refractivity contribution in [3.05, 3.63) is 54.0 Å². The van der Waals surface area contributed by atoms with E-state index in [2.05, 4.69) is 0 Å². The van der Waals surface area contributed by atoms with Crippen molar-refractivity contribution in [1.82, 2.24) is 0 Å². The zero-order valence-corrected chi connectivity index (χ0v) is 9.26. The topological polar surface area (TPSA) is 39.4 Å². The molecule has 17 heavy (non-hydrogen) atoms. The molecule has 1 unspecified atom stereocenters. The molecule has 0 amide bonds. The molecule has 0 fully saturated rings. The molecule has 0 radical (unpaired) electrons. The summed E-state index contributed by atoms with van der Waals surface area (Å²) >= 11 is 0. The van der Waals surface area contributed by atoms with Gasteiger partial charge < -0.3 is 9.15 Å². The lowest BCUT2D eigenvalue weighted by Crippen LogP contribution is -2.21. The lowest BCUT2D eigenvalue weighted by atomic mass is 9.88. The van der Waals surface area contributed by atoms with Gasteiger partial charge in [0.2, 0.25) is 5.78 Å². The summed E-state index contributed by atoms with van der Waals surface area (Å²) in [5.41, 5.74) is 0.958. The zero-order valence-electron chi connectivity index (χ0n) is 9.26. The summed E-state index contributed by atoms with van der Waals surface area (Å²) in [6, 6.07) is 11.1. The minimum atomic E-state index is -0.147. The van der Waals surface area contributed by atoms with Gasteiger partial charge in [-0.15, -0.1) is 0 Å². The molecule has 86 valence electrons. The van der Waals surface area contributed by atoms with E-state index >= 15 is 0 Å². The molecule has 1 aliphatic heterocycles. The van der Waals surface area contributed by atoms with Crippen LogP contribution in [0.1, 0.15) is 28.5 Å². The Labute approximate surface area is 99.0 Å². The number of ether oxygens (including phenoxy) is 1. The number of benzene rings is 1. The van der Waals surface area contributed by atoms with Crippen LogP contribution in [-0.4, -0.2) is 12.4 Å². The summed E-state index contributed by atoms with van der Waals surface area (Å²) in [6.07, 6.45) is 2.23. The maximum absolute atomic E-state index is 12.3. The van der Waals surface area contributed by atoms with Gasteiger partial charge in [0.05, 0.1) is 18.8 Å². The maximum Gasteiger partial charge on any atom is 0.205 e. The van der Waals surface area contributed by atoms with Crippen molar-refractivity contribution in [2.45, 2.75) is 12.3 Å². The van der Waals surface area contributed by atoms with Gasteiger partial charge in [-0.2, -0.15) is 0 Å². The highest BCUT2D eigenvalue weighted by Crippen LogP contribution is 2.35. The van der Waals surface area contributed by atoms with E-state index in [0.29, 0.717) is 18.8 Å². The number of furan rings is 1. The van der Waals surface area contributed by atoms with Gasteiger partial charge in [-0.25, -0.2) is 0 Å². The molecule has 0 saturated heterocycles. The maximum atomic E-state index is 12.3. The lowest BCUT2D eigenvalue weighted by molar-refractivity contribution is 0.0905. The molecule has 0 aliphatic carbocycles. The molecule has 2 aromatic rings. The van der Waals surface area contributed by atoms with Gasteiger partial charge >= 0.3 is 0 Å². The highest BCUT2D eigenvalue weighted by Gasteiger charge is 2.29. The Hall–Kier alpha value is -2.03. The first-order chi connectivity index (χ1) is 8.36. The quantitative estimate of drug-likeness (QED) is 0.742. The third-order valence-corrected chi connectivity index (χ3v) is 3.04. The molecule has 3 rings (SSSR count). The fraction of sp³-hybridized carbons (Fsp3) is 0.214. The smallest absolute Gasteiger partial charge is 0.205 e. The minimum Gasteiger partial charge on any atom is -0.493 e. The normalized spacial score (nSPS) is 18.2. The van der Waals surface area contributed by atoms with Crippen LogP contribution in [0.3, 0.4) is 0 Å². The Morgan fingerprint density at radius 2 is 2.06 bits per heavy atom. The number of rotatable bonds is 2. The van der Waals surface area contributed by atoms with Crippen LogP contribution in [0.2, 0.25) is 0 Å². The predicted molar refractivity (Wildman–Crippen MR) is 62.3 cm³/mol. The average Bonchev–Trinajstić information content (AvgIpc) is 2.91. The van der Waals surface area contributed by atoms with Crippen molar-refractivity contribution in [1.29, 1.82) is 0 Å². The molecule has 3 heteroatoms. The molecular weight excluding hydrogens is 216 g/mol. The van der Waals surface area contributed by atoms with Gasteiger partial charge in [0, 0.05) is 5.56 Å². The first kappa shape index (κ1) is 10.1. The van der Waals surface area contributed by atoms with Crippen LogP contribution in [0, 0.1) is 0 Å². The van der Waals surface area contributed by atoms with Gasteiger partial charge in [-0.3, -0.25) is 4.79 Å². The summed E-state index contributed by atoms with van der Waals surface area (Å²) in [5.74, 6) is 1.12. The summed E-state index contributed by atoms with van der Waals surface area (Å²) in [5, 5.41) is 0. The van der Waals surface area contributed by atoms with Crippen LogP contribution < -0.4 is 4.74 Å². The number of hydrogen-bond donors (Lipinski definition) is 0. The molecule has 0 N–H and O–H groups in total. The van der Waals surface area contributed by atoms with Crippen molar-refractivity contribution < 1.29 is 13.9 Å². The lowest BCUT2D eigenvalue weighted by Gasteiger charge is -2.24. The van der Waals surface area contributed by atoms with Crippen LogP contribution >= 0.6 is 0 Å². The second-order valence-electron chi connectivity index (χ2n) is 4.07. The second kappa shape index (κ2) is 4.09. The summed E-state index contributed by atoms with van der Waals surface area (Å²) in [6.45, 7) is 0.578. The fourth-order valence-corrected chi connectivity index (χ4v) is 2.20. The van der Waals surface area contributed by atoms with E-state index in [1.54, 1.807) is 12.1 Å². The highest BCUT2D eigenvalue weighted by atomic mass is 16.5. The van der Waals surface area contributed by atoms with Crippen LogP contribution in [0.15, 0.2) is 47.1 Å². The fourth-order valence-electron chi connectivity index (χ4n) is 2.20. The summed E-state index contributed by atoms with van der Waals surface area (Å²) < 4.78 is 10.7. The molecule has 1 atom stereocenters.